The molecule has 2 aromatic heterocycles. The van der Waals surface area contributed by atoms with E-state index in [1.54, 1.807) is 6.20 Å². The number of aryl methyl sites for hydroxylation is 1. The first kappa shape index (κ1) is 21.7. The topological polar surface area (TPSA) is 53.4 Å². The van der Waals surface area contributed by atoms with Crippen LogP contribution in [0.15, 0.2) is 61.1 Å². The lowest BCUT2D eigenvalue weighted by Crippen LogP contribution is -2.33. The summed E-state index contributed by atoms with van der Waals surface area (Å²) in [6, 6.07) is 14.7. The predicted molar refractivity (Wildman–Crippen MR) is 133 cm³/mol. The molecule has 2 unspecified atom stereocenters. The molecule has 0 aliphatic carbocycles. The number of pyridine rings is 1. The number of hydrogen-bond donors (Lipinski definition) is 1. The largest absolute Gasteiger partial charge is 0.371 e. The summed E-state index contributed by atoms with van der Waals surface area (Å²) >= 11 is 0. The highest BCUT2D eigenvalue weighted by atomic mass is 16.1. The van der Waals surface area contributed by atoms with Crippen molar-refractivity contribution in [2.75, 3.05) is 36.4 Å². The first-order valence-corrected chi connectivity index (χ1v) is 12.1. The summed E-state index contributed by atoms with van der Waals surface area (Å²) in [5, 5.41) is 3.05. The van der Waals surface area contributed by atoms with Gasteiger partial charge in [0.25, 0.3) is 5.91 Å². The van der Waals surface area contributed by atoms with Gasteiger partial charge in [0.1, 0.15) is 5.82 Å². The van der Waals surface area contributed by atoms with Crippen molar-refractivity contribution in [3.8, 4) is 5.82 Å². The maximum Gasteiger partial charge on any atom is 0.257 e. The van der Waals surface area contributed by atoms with Crippen LogP contribution in [-0.2, 0) is 0 Å². The second-order valence-electron chi connectivity index (χ2n) is 9.54. The molecular formula is C27H33N5O. The third-order valence-electron chi connectivity index (χ3n) is 7.17. The van der Waals surface area contributed by atoms with Gasteiger partial charge >= 0.3 is 0 Å². The van der Waals surface area contributed by atoms with Crippen molar-refractivity contribution in [3.63, 3.8) is 0 Å². The molecule has 0 bridgehead atoms. The Balaban J connectivity index is 1.20. The number of nitrogens with one attached hydrogen (secondary N) is 1. The van der Waals surface area contributed by atoms with Gasteiger partial charge in [-0.15, -0.1) is 0 Å². The Labute approximate surface area is 196 Å². The fourth-order valence-electron chi connectivity index (χ4n) is 5.15. The smallest absolute Gasteiger partial charge is 0.257 e. The Kier molecular flexibility index (Phi) is 6.18. The molecular weight excluding hydrogens is 410 g/mol. The molecule has 0 radical (unpaired) electrons. The average Bonchev–Trinajstić information content (AvgIpc) is 3.59. The summed E-state index contributed by atoms with van der Waals surface area (Å²) in [7, 11) is 0. The van der Waals surface area contributed by atoms with Gasteiger partial charge in [-0.2, -0.15) is 0 Å². The molecule has 1 aromatic carbocycles. The molecule has 3 aromatic rings. The zero-order valence-electron chi connectivity index (χ0n) is 19.6. The van der Waals surface area contributed by atoms with Crippen LogP contribution in [0.25, 0.3) is 5.82 Å². The first-order chi connectivity index (χ1) is 16.1. The molecule has 2 atom stereocenters. The van der Waals surface area contributed by atoms with E-state index in [4.69, 9.17) is 0 Å². The van der Waals surface area contributed by atoms with Crippen molar-refractivity contribution in [1.82, 2.24) is 14.5 Å². The molecule has 33 heavy (non-hydrogen) atoms. The zero-order valence-corrected chi connectivity index (χ0v) is 19.6. The highest BCUT2D eigenvalue weighted by molar-refractivity contribution is 6.04. The van der Waals surface area contributed by atoms with Crippen LogP contribution < -0.4 is 10.2 Å². The number of likely N-dealkylation sites (tertiary alicyclic amines) is 1. The van der Waals surface area contributed by atoms with Crippen LogP contribution in [0.2, 0.25) is 0 Å². The number of anilines is 2. The third kappa shape index (κ3) is 4.81. The molecule has 2 fully saturated rings. The number of amides is 1. The molecule has 1 N–H and O–H groups in total. The molecule has 2 saturated heterocycles. The van der Waals surface area contributed by atoms with E-state index in [-0.39, 0.29) is 5.91 Å². The third-order valence-corrected chi connectivity index (χ3v) is 7.17. The molecule has 172 valence electrons. The average molecular weight is 444 g/mol. The standard InChI is InChI=1S/C27H33N5O/c1-20-16-24(32-15-11-22(19-32)18-31-14-5-6-21(31)2)8-9-25(20)29-27(33)23-7-10-26(28-17-23)30-12-3-4-13-30/h3-4,7-10,12-13,16-17,21-22H,5-6,11,14-15,18-19H2,1-2H3,(H,29,33). The van der Waals surface area contributed by atoms with Gasteiger partial charge in [-0.3, -0.25) is 4.79 Å². The minimum atomic E-state index is -0.140. The molecule has 5 rings (SSSR count). The van der Waals surface area contributed by atoms with Crippen LogP contribution in [0.1, 0.15) is 42.1 Å². The minimum absolute atomic E-state index is 0.140. The normalized spacial score (nSPS) is 21.0. The zero-order chi connectivity index (χ0) is 22.8. The highest BCUT2D eigenvalue weighted by Crippen LogP contribution is 2.29. The SMILES string of the molecule is Cc1cc(N2CCC(CN3CCCC3C)C2)ccc1NC(=O)c1ccc(-n2cccc2)nc1. The second-order valence-corrected chi connectivity index (χ2v) is 9.54. The van der Waals surface area contributed by atoms with E-state index in [0.29, 0.717) is 5.56 Å². The lowest BCUT2D eigenvalue weighted by atomic mass is 10.1. The summed E-state index contributed by atoms with van der Waals surface area (Å²) in [5.41, 5.74) is 3.72. The molecule has 0 saturated carbocycles. The van der Waals surface area contributed by atoms with Crippen LogP contribution in [0.5, 0.6) is 0 Å². The van der Waals surface area contributed by atoms with Gasteiger partial charge in [-0.25, -0.2) is 4.98 Å². The molecule has 2 aliphatic rings. The van der Waals surface area contributed by atoms with Crippen LogP contribution >= 0.6 is 0 Å². The van der Waals surface area contributed by atoms with Crippen LogP contribution in [0.3, 0.4) is 0 Å². The van der Waals surface area contributed by atoms with E-state index in [1.807, 2.05) is 47.3 Å². The number of aromatic nitrogens is 2. The Morgan fingerprint density at radius 2 is 1.97 bits per heavy atom. The fourth-order valence-corrected chi connectivity index (χ4v) is 5.15. The summed E-state index contributed by atoms with van der Waals surface area (Å²) in [6.07, 6.45) is 9.44. The van der Waals surface area contributed by atoms with Gasteiger partial charge in [0.2, 0.25) is 0 Å². The van der Waals surface area contributed by atoms with Crippen molar-refractivity contribution < 1.29 is 4.79 Å². The lowest BCUT2D eigenvalue weighted by molar-refractivity contribution is 0.102. The maximum absolute atomic E-state index is 12.8. The van der Waals surface area contributed by atoms with Crippen molar-refractivity contribution in [2.45, 2.75) is 39.2 Å². The van der Waals surface area contributed by atoms with Crippen molar-refractivity contribution in [1.29, 1.82) is 0 Å². The molecule has 4 heterocycles. The quantitative estimate of drug-likeness (QED) is 0.598. The Bertz CT molecular complexity index is 1090. The van der Waals surface area contributed by atoms with E-state index in [1.165, 1.54) is 38.0 Å². The molecule has 1 amide bonds. The highest BCUT2D eigenvalue weighted by Gasteiger charge is 2.28. The summed E-state index contributed by atoms with van der Waals surface area (Å²) in [4.78, 5) is 22.3. The van der Waals surface area contributed by atoms with Gasteiger partial charge in [0.05, 0.1) is 5.56 Å². The Morgan fingerprint density at radius 1 is 1.12 bits per heavy atom. The Hall–Kier alpha value is -3.12. The van der Waals surface area contributed by atoms with E-state index in [0.717, 1.165) is 42.1 Å². The van der Waals surface area contributed by atoms with Crippen molar-refractivity contribution >= 4 is 17.3 Å². The second kappa shape index (κ2) is 9.40. The van der Waals surface area contributed by atoms with E-state index in [2.05, 4.69) is 46.1 Å². The van der Waals surface area contributed by atoms with Gasteiger partial charge in [-0.05, 0) is 93.6 Å². The number of rotatable bonds is 6. The monoisotopic (exact) mass is 443 g/mol. The van der Waals surface area contributed by atoms with Crippen LogP contribution in [0, 0.1) is 12.8 Å². The van der Waals surface area contributed by atoms with Gasteiger partial charge in [0.15, 0.2) is 0 Å². The van der Waals surface area contributed by atoms with E-state index < -0.39 is 0 Å². The predicted octanol–water partition coefficient (Wildman–Crippen LogP) is 4.74. The number of carbonyl (C=O) groups is 1. The fraction of sp³-hybridized carbons (Fsp3) is 0.407. The summed E-state index contributed by atoms with van der Waals surface area (Å²) < 4.78 is 1.92. The van der Waals surface area contributed by atoms with E-state index in [9.17, 15) is 4.79 Å². The van der Waals surface area contributed by atoms with Gasteiger partial charge in [0, 0.05) is 55.6 Å². The summed E-state index contributed by atoms with van der Waals surface area (Å²) in [6.45, 7) is 9.14. The molecule has 6 nitrogen and oxygen atoms in total. The van der Waals surface area contributed by atoms with E-state index >= 15 is 0 Å². The first-order valence-electron chi connectivity index (χ1n) is 12.1. The summed E-state index contributed by atoms with van der Waals surface area (Å²) in [5.74, 6) is 1.39. The number of benzene rings is 1. The van der Waals surface area contributed by atoms with Gasteiger partial charge < -0.3 is 19.7 Å². The number of nitrogens with zero attached hydrogens (tertiary/aromatic N) is 4. The maximum atomic E-state index is 12.8. The number of hydrogen-bond acceptors (Lipinski definition) is 4. The molecule has 0 spiro atoms. The molecule has 6 heteroatoms. The lowest BCUT2D eigenvalue weighted by Gasteiger charge is -2.25. The number of carbonyl (C=O) groups excluding carboxylic acids is 1. The van der Waals surface area contributed by atoms with Crippen LogP contribution in [-0.4, -0.2) is 52.6 Å². The van der Waals surface area contributed by atoms with Crippen molar-refractivity contribution in [3.05, 3.63) is 72.2 Å². The minimum Gasteiger partial charge on any atom is -0.371 e. The van der Waals surface area contributed by atoms with Crippen molar-refractivity contribution in [2.24, 2.45) is 5.92 Å². The van der Waals surface area contributed by atoms with Gasteiger partial charge in [-0.1, -0.05) is 0 Å². The van der Waals surface area contributed by atoms with Crippen LogP contribution in [0.4, 0.5) is 11.4 Å². The molecule has 2 aliphatic heterocycles. The Morgan fingerprint density at radius 3 is 2.67 bits per heavy atom.